The highest BCUT2D eigenvalue weighted by atomic mass is 32.2. The number of rotatable bonds is 8. The molecule has 1 atom stereocenters. The van der Waals surface area contributed by atoms with Crippen LogP contribution in [0.4, 0.5) is 5.95 Å². The molecular weight excluding hydrogens is 472 g/mol. The van der Waals surface area contributed by atoms with E-state index in [0.29, 0.717) is 25.4 Å². The fourth-order valence-corrected chi connectivity index (χ4v) is 7.14. The van der Waals surface area contributed by atoms with Crippen LogP contribution in [0.3, 0.4) is 0 Å². The highest BCUT2D eigenvalue weighted by Crippen LogP contribution is 2.38. The molecule has 1 saturated heterocycles. The molecule has 0 aliphatic carbocycles. The summed E-state index contributed by atoms with van der Waals surface area (Å²) in [6, 6.07) is 6.50. The molecular formula is C28H38N4O3S. The van der Waals surface area contributed by atoms with E-state index in [1.54, 1.807) is 4.31 Å². The molecule has 36 heavy (non-hydrogen) atoms. The molecule has 0 bridgehead atoms. The Labute approximate surface area is 215 Å². The molecule has 7 nitrogen and oxygen atoms in total. The molecule has 1 unspecified atom stereocenters. The number of sulfonamides is 1. The zero-order valence-electron chi connectivity index (χ0n) is 21.5. The van der Waals surface area contributed by atoms with Crippen LogP contribution in [0.1, 0.15) is 62.6 Å². The molecule has 1 fully saturated rings. The summed E-state index contributed by atoms with van der Waals surface area (Å²) in [6.45, 7) is 7.04. The second-order valence-electron chi connectivity index (χ2n) is 10.3. The first kappa shape index (κ1) is 25.2. The number of hydrogen-bond donors (Lipinski definition) is 0. The van der Waals surface area contributed by atoms with Gasteiger partial charge in [-0.25, -0.2) is 18.4 Å². The molecule has 2 aromatic rings. The number of aryl methyl sites for hydroxylation is 1. The third kappa shape index (κ3) is 5.44. The van der Waals surface area contributed by atoms with Gasteiger partial charge in [-0.2, -0.15) is 4.31 Å². The fraction of sp³-hybridized carbons (Fsp3) is 0.571. The van der Waals surface area contributed by atoms with Crippen LogP contribution >= 0.6 is 0 Å². The zero-order valence-corrected chi connectivity index (χ0v) is 22.3. The summed E-state index contributed by atoms with van der Waals surface area (Å²) in [6.07, 6.45) is 12.9. The summed E-state index contributed by atoms with van der Waals surface area (Å²) in [7, 11) is -3.14. The topological polar surface area (TPSA) is 75.6 Å². The molecule has 3 aliphatic heterocycles. The van der Waals surface area contributed by atoms with Crippen LogP contribution in [-0.4, -0.2) is 60.7 Å². The monoisotopic (exact) mass is 510 g/mol. The molecule has 0 N–H and O–H groups in total. The van der Waals surface area contributed by atoms with Gasteiger partial charge in [-0.05, 0) is 72.4 Å². The van der Waals surface area contributed by atoms with Gasteiger partial charge in [0, 0.05) is 45.0 Å². The van der Waals surface area contributed by atoms with Gasteiger partial charge in [0.1, 0.15) is 11.9 Å². The number of nitrogens with zero attached hydrogens (tertiary/aromatic N) is 4. The molecule has 1 aromatic carbocycles. The van der Waals surface area contributed by atoms with Gasteiger partial charge in [0.2, 0.25) is 16.0 Å². The largest absolute Gasteiger partial charge is 0.490 e. The molecule has 0 radical (unpaired) electrons. The number of ether oxygens (including phenoxy) is 1. The second-order valence-corrected chi connectivity index (χ2v) is 12.4. The van der Waals surface area contributed by atoms with Crippen molar-refractivity contribution in [2.75, 3.05) is 36.8 Å². The van der Waals surface area contributed by atoms with Gasteiger partial charge in [-0.15, -0.1) is 0 Å². The maximum Gasteiger partial charge on any atom is 0.225 e. The minimum atomic E-state index is -3.14. The summed E-state index contributed by atoms with van der Waals surface area (Å²) in [4.78, 5) is 11.5. The lowest BCUT2D eigenvalue weighted by Crippen LogP contribution is -2.40. The quantitative estimate of drug-likeness (QED) is 0.521. The van der Waals surface area contributed by atoms with E-state index in [-0.39, 0.29) is 11.9 Å². The smallest absolute Gasteiger partial charge is 0.225 e. The molecule has 0 amide bonds. The molecule has 8 heteroatoms. The van der Waals surface area contributed by atoms with Crippen molar-refractivity contribution in [1.29, 1.82) is 0 Å². The number of piperidine rings is 1. The van der Waals surface area contributed by atoms with Crippen molar-refractivity contribution in [3.05, 3.63) is 53.4 Å². The van der Waals surface area contributed by atoms with Crippen LogP contribution in [0.2, 0.25) is 0 Å². The SMILES string of the molecule is CCCc1cnc(N2CCC(C3Cc4cc(C5=CCN(S(=O)(=O)CCC)CC5)ccc4O3)CC2)nc1. The Balaban J connectivity index is 1.17. The van der Waals surface area contributed by atoms with E-state index in [2.05, 4.69) is 46.1 Å². The van der Waals surface area contributed by atoms with Crippen LogP contribution in [0.25, 0.3) is 5.57 Å². The molecule has 4 heterocycles. The van der Waals surface area contributed by atoms with Crippen LogP contribution in [0.15, 0.2) is 36.7 Å². The van der Waals surface area contributed by atoms with Gasteiger partial charge in [-0.1, -0.05) is 32.4 Å². The second kappa shape index (κ2) is 10.9. The summed E-state index contributed by atoms with van der Waals surface area (Å²) in [5.41, 5.74) is 4.92. The van der Waals surface area contributed by atoms with Crippen LogP contribution < -0.4 is 9.64 Å². The third-order valence-electron chi connectivity index (χ3n) is 7.74. The van der Waals surface area contributed by atoms with Gasteiger partial charge in [0.25, 0.3) is 0 Å². The lowest BCUT2D eigenvalue weighted by Gasteiger charge is -2.34. The minimum Gasteiger partial charge on any atom is -0.490 e. The predicted octanol–water partition coefficient (Wildman–Crippen LogP) is 4.48. The van der Waals surface area contributed by atoms with E-state index in [4.69, 9.17) is 4.74 Å². The molecule has 5 rings (SSSR count). The highest BCUT2D eigenvalue weighted by molar-refractivity contribution is 7.89. The molecule has 0 spiro atoms. The summed E-state index contributed by atoms with van der Waals surface area (Å²) in [5.74, 6) is 2.60. The first-order valence-electron chi connectivity index (χ1n) is 13.5. The summed E-state index contributed by atoms with van der Waals surface area (Å²) < 4.78 is 32.8. The number of aromatic nitrogens is 2. The normalized spacial score (nSPS) is 21.2. The van der Waals surface area contributed by atoms with E-state index in [0.717, 1.165) is 63.3 Å². The average molecular weight is 511 g/mol. The van der Waals surface area contributed by atoms with Crippen molar-refractivity contribution in [1.82, 2.24) is 14.3 Å². The Morgan fingerprint density at radius 1 is 1.06 bits per heavy atom. The molecule has 0 saturated carbocycles. The van der Waals surface area contributed by atoms with Gasteiger partial charge in [0.05, 0.1) is 5.75 Å². The Morgan fingerprint density at radius 2 is 1.83 bits per heavy atom. The van der Waals surface area contributed by atoms with Gasteiger partial charge < -0.3 is 9.64 Å². The zero-order chi connectivity index (χ0) is 25.1. The van der Waals surface area contributed by atoms with Crippen molar-refractivity contribution in [3.63, 3.8) is 0 Å². The Morgan fingerprint density at radius 3 is 2.50 bits per heavy atom. The number of anilines is 1. The van der Waals surface area contributed by atoms with E-state index < -0.39 is 10.0 Å². The molecule has 3 aliphatic rings. The maximum atomic E-state index is 12.4. The van der Waals surface area contributed by atoms with Gasteiger partial charge >= 0.3 is 0 Å². The van der Waals surface area contributed by atoms with E-state index in [1.165, 1.54) is 22.3 Å². The van der Waals surface area contributed by atoms with E-state index in [1.807, 2.05) is 19.3 Å². The van der Waals surface area contributed by atoms with Crippen molar-refractivity contribution >= 4 is 21.5 Å². The number of benzene rings is 1. The first-order chi connectivity index (χ1) is 17.5. The third-order valence-corrected chi connectivity index (χ3v) is 9.78. The van der Waals surface area contributed by atoms with Crippen LogP contribution in [-0.2, 0) is 22.9 Å². The Hall–Kier alpha value is -2.45. The van der Waals surface area contributed by atoms with Crippen molar-refractivity contribution in [2.45, 2.75) is 64.9 Å². The van der Waals surface area contributed by atoms with Gasteiger partial charge in [0.15, 0.2) is 0 Å². The average Bonchev–Trinajstić information content (AvgIpc) is 3.33. The molecule has 1 aromatic heterocycles. The minimum absolute atomic E-state index is 0.222. The number of fused-ring (bicyclic) bond motifs is 1. The number of hydrogen-bond acceptors (Lipinski definition) is 6. The van der Waals surface area contributed by atoms with E-state index >= 15 is 0 Å². The van der Waals surface area contributed by atoms with Crippen molar-refractivity contribution in [3.8, 4) is 5.75 Å². The predicted molar refractivity (Wildman–Crippen MR) is 144 cm³/mol. The fourth-order valence-electron chi connectivity index (χ4n) is 5.69. The van der Waals surface area contributed by atoms with Crippen LogP contribution in [0, 0.1) is 5.92 Å². The summed E-state index contributed by atoms with van der Waals surface area (Å²) >= 11 is 0. The summed E-state index contributed by atoms with van der Waals surface area (Å²) in [5, 5.41) is 0. The van der Waals surface area contributed by atoms with Gasteiger partial charge in [-0.3, -0.25) is 0 Å². The standard InChI is InChI=1S/C28H38N4O3S/c1-3-5-21-19-29-28(30-20-21)31-12-8-23(9-13-31)27-18-25-17-24(6-7-26(25)35-27)22-10-14-32(15-11-22)36(33,34)16-4-2/h6-7,10,17,19-20,23,27H,3-5,8-9,11-16,18H2,1-2H3. The lowest BCUT2D eigenvalue weighted by molar-refractivity contribution is 0.138. The lowest BCUT2D eigenvalue weighted by atomic mass is 9.88. The maximum absolute atomic E-state index is 12.4. The van der Waals surface area contributed by atoms with Crippen molar-refractivity contribution in [2.24, 2.45) is 5.92 Å². The van der Waals surface area contributed by atoms with Crippen LogP contribution in [0.5, 0.6) is 5.75 Å². The highest BCUT2D eigenvalue weighted by Gasteiger charge is 2.34. The first-order valence-corrected chi connectivity index (χ1v) is 15.1. The Kier molecular flexibility index (Phi) is 7.62. The van der Waals surface area contributed by atoms with E-state index in [9.17, 15) is 8.42 Å². The Bertz CT molecular complexity index is 1190. The molecule has 194 valence electrons. The van der Waals surface area contributed by atoms with Crippen molar-refractivity contribution < 1.29 is 13.2 Å².